The van der Waals surface area contributed by atoms with Crippen LogP contribution in [0.3, 0.4) is 0 Å². The average Bonchev–Trinajstić information content (AvgIpc) is 2.80. The number of hydrogen-bond donors (Lipinski definition) is 1. The molecule has 0 spiro atoms. The summed E-state index contributed by atoms with van der Waals surface area (Å²) in [7, 11) is 0. The summed E-state index contributed by atoms with van der Waals surface area (Å²) in [5.74, 6) is 0.434. The second-order valence-electron chi connectivity index (χ2n) is 10.2. The Hall–Kier alpha value is -2.40. The zero-order valence-corrected chi connectivity index (χ0v) is 20.4. The first-order valence-electron chi connectivity index (χ1n) is 12.1. The van der Waals surface area contributed by atoms with E-state index in [1.807, 2.05) is 29.2 Å². The fourth-order valence-corrected chi connectivity index (χ4v) is 5.76. The van der Waals surface area contributed by atoms with Crippen LogP contribution < -0.4 is 5.32 Å². The summed E-state index contributed by atoms with van der Waals surface area (Å²) in [6, 6.07) is 11.8. The van der Waals surface area contributed by atoms with Gasteiger partial charge in [0.05, 0.1) is 12.3 Å². The molecule has 2 fully saturated rings. The van der Waals surface area contributed by atoms with Gasteiger partial charge in [-0.3, -0.25) is 14.6 Å². The highest BCUT2D eigenvalue weighted by Gasteiger charge is 2.41. The van der Waals surface area contributed by atoms with Crippen molar-refractivity contribution in [2.75, 3.05) is 13.1 Å². The maximum absolute atomic E-state index is 13.6. The number of carbonyl (C=O) groups excluding carboxylic acids is 2. The number of rotatable bonds is 5. The van der Waals surface area contributed by atoms with E-state index in [0.717, 1.165) is 55.8 Å². The van der Waals surface area contributed by atoms with E-state index >= 15 is 0 Å². The number of hydrogen-bond acceptors (Lipinski definition) is 3. The van der Waals surface area contributed by atoms with Crippen molar-refractivity contribution in [1.29, 1.82) is 0 Å². The third-order valence-electron chi connectivity index (χ3n) is 7.36. The SMILES string of the molecule is CC1(C)CN(C(=O)C2CCCCC2NC(=O)Cc2ccncc2)CCC1c1ccc(Cl)cc1. The highest BCUT2D eigenvalue weighted by atomic mass is 35.5. The van der Waals surface area contributed by atoms with Crippen LogP contribution in [0.1, 0.15) is 63.0 Å². The van der Waals surface area contributed by atoms with Crippen molar-refractivity contribution in [3.63, 3.8) is 0 Å². The summed E-state index contributed by atoms with van der Waals surface area (Å²) in [4.78, 5) is 32.4. The number of nitrogens with one attached hydrogen (secondary N) is 1. The lowest BCUT2D eigenvalue weighted by molar-refractivity contribution is -0.141. The molecule has 3 unspecified atom stereocenters. The molecule has 176 valence electrons. The van der Waals surface area contributed by atoms with Gasteiger partial charge in [-0.1, -0.05) is 50.4 Å². The Morgan fingerprint density at radius 3 is 2.45 bits per heavy atom. The Balaban J connectivity index is 1.40. The lowest BCUT2D eigenvalue weighted by Crippen LogP contribution is -2.54. The molecule has 1 aliphatic heterocycles. The molecule has 2 aromatic rings. The molecule has 2 heterocycles. The zero-order chi connectivity index (χ0) is 23.4. The van der Waals surface area contributed by atoms with Crippen molar-refractivity contribution >= 4 is 23.4 Å². The average molecular weight is 468 g/mol. The number of piperidine rings is 1. The number of aromatic nitrogens is 1. The maximum Gasteiger partial charge on any atom is 0.227 e. The molecule has 2 aliphatic rings. The molecule has 1 aliphatic carbocycles. The van der Waals surface area contributed by atoms with E-state index in [1.54, 1.807) is 12.4 Å². The van der Waals surface area contributed by atoms with Crippen molar-refractivity contribution in [3.05, 3.63) is 64.9 Å². The number of halogens is 1. The second-order valence-corrected chi connectivity index (χ2v) is 10.7. The summed E-state index contributed by atoms with van der Waals surface area (Å²) in [5, 5.41) is 3.93. The van der Waals surface area contributed by atoms with Crippen molar-refractivity contribution < 1.29 is 9.59 Å². The molecule has 1 saturated heterocycles. The molecule has 1 aromatic heterocycles. The molecule has 2 amide bonds. The summed E-state index contributed by atoms with van der Waals surface area (Å²) in [5.41, 5.74) is 2.19. The third kappa shape index (κ3) is 5.75. The van der Waals surface area contributed by atoms with Crippen LogP contribution >= 0.6 is 11.6 Å². The molecule has 3 atom stereocenters. The minimum absolute atomic E-state index is 0.0207. The largest absolute Gasteiger partial charge is 0.352 e. The van der Waals surface area contributed by atoms with Crippen LogP contribution in [-0.2, 0) is 16.0 Å². The standard InChI is InChI=1S/C27H34ClN3O2/c1-27(2)18-31(16-13-23(27)20-7-9-21(28)10-8-20)26(33)22-5-3-4-6-24(22)30-25(32)17-19-11-14-29-15-12-19/h7-12,14-15,22-24H,3-6,13,16-18H2,1-2H3,(H,30,32). The van der Waals surface area contributed by atoms with E-state index < -0.39 is 0 Å². The number of amides is 2. The van der Waals surface area contributed by atoms with Crippen molar-refractivity contribution in [1.82, 2.24) is 15.2 Å². The third-order valence-corrected chi connectivity index (χ3v) is 7.61. The van der Waals surface area contributed by atoms with Crippen molar-refractivity contribution in [3.8, 4) is 0 Å². The first-order chi connectivity index (χ1) is 15.8. The van der Waals surface area contributed by atoms with E-state index in [2.05, 4.69) is 36.3 Å². The van der Waals surface area contributed by atoms with Crippen LogP contribution in [0, 0.1) is 11.3 Å². The Bertz CT molecular complexity index is 961. The van der Waals surface area contributed by atoms with Crippen LogP contribution in [0.15, 0.2) is 48.8 Å². The number of carbonyl (C=O) groups is 2. The first-order valence-corrected chi connectivity index (χ1v) is 12.4. The van der Waals surface area contributed by atoms with Gasteiger partial charge in [0.2, 0.25) is 11.8 Å². The van der Waals surface area contributed by atoms with Gasteiger partial charge in [-0.2, -0.15) is 0 Å². The molecular weight excluding hydrogens is 434 g/mol. The first kappa shape index (κ1) is 23.7. The lowest BCUT2D eigenvalue weighted by atomic mass is 9.70. The van der Waals surface area contributed by atoms with Crippen LogP contribution in [0.25, 0.3) is 0 Å². The molecule has 0 radical (unpaired) electrons. The predicted molar refractivity (Wildman–Crippen MR) is 131 cm³/mol. The van der Waals surface area contributed by atoms with E-state index in [0.29, 0.717) is 12.3 Å². The number of benzene rings is 1. The van der Waals surface area contributed by atoms with E-state index in [-0.39, 0.29) is 29.2 Å². The minimum atomic E-state index is -0.136. The molecule has 6 heteroatoms. The molecule has 1 aromatic carbocycles. The monoisotopic (exact) mass is 467 g/mol. The number of nitrogens with zero attached hydrogens (tertiary/aromatic N) is 2. The van der Waals surface area contributed by atoms with Gasteiger partial charge in [-0.15, -0.1) is 0 Å². The van der Waals surface area contributed by atoms with Crippen LogP contribution in [0.5, 0.6) is 0 Å². The van der Waals surface area contributed by atoms with E-state index in [1.165, 1.54) is 5.56 Å². The van der Waals surface area contributed by atoms with Gasteiger partial charge in [0, 0.05) is 36.5 Å². The Kier molecular flexibility index (Phi) is 7.38. The fraction of sp³-hybridized carbons (Fsp3) is 0.519. The van der Waals surface area contributed by atoms with Gasteiger partial charge in [0.1, 0.15) is 0 Å². The summed E-state index contributed by atoms with van der Waals surface area (Å²) < 4.78 is 0. The maximum atomic E-state index is 13.6. The van der Waals surface area contributed by atoms with E-state index in [4.69, 9.17) is 11.6 Å². The Morgan fingerprint density at radius 1 is 1.06 bits per heavy atom. The molecule has 1 saturated carbocycles. The van der Waals surface area contributed by atoms with Gasteiger partial charge in [0.15, 0.2) is 0 Å². The van der Waals surface area contributed by atoms with Gasteiger partial charge in [0.25, 0.3) is 0 Å². The van der Waals surface area contributed by atoms with Gasteiger partial charge in [-0.05, 0) is 66.0 Å². The number of pyridine rings is 1. The highest BCUT2D eigenvalue weighted by molar-refractivity contribution is 6.30. The zero-order valence-electron chi connectivity index (χ0n) is 19.6. The Labute approximate surface area is 201 Å². The highest BCUT2D eigenvalue weighted by Crippen LogP contribution is 2.43. The quantitative estimate of drug-likeness (QED) is 0.673. The number of likely N-dealkylation sites (tertiary alicyclic amines) is 1. The molecule has 5 nitrogen and oxygen atoms in total. The molecule has 4 rings (SSSR count). The van der Waals surface area contributed by atoms with Crippen molar-refractivity contribution in [2.45, 2.75) is 64.3 Å². The van der Waals surface area contributed by atoms with Crippen molar-refractivity contribution in [2.24, 2.45) is 11.3 Å². The predicted octanol–water partition coefficient (Wildman–Crippen LogP) is 4.99. The van der Waals surface area contributed by atoms with Crippen LogP contribution in [0.2, 0.25) is 5.02 Å². The second kappa shape index (κ2) is 10.3. The smallest absolute Gasteiger partial charge is 0.227 e. The lowest BCUT2D eigenvalue weighted by Gasteiger charge is -2.46. The summed E-state index contributed by atoms with van der Waals surface area (Å²) in [6.45, 7) is 5.98. The van der Waals surface area contributed by atoms with Gasteiger partial charge in [-0.25, -0.2) is 0 Å². The molecular formula is C27H34ClN3O2. The van der Waals surface area contributed by atoms with Crippen LogP contribution in [0.4, 0.5) is 0 Å². The van der Waals surface area contributed by atoms with Gasteiger partial charge < -0.3 is 10.2 Å². The molecule has 1 N–H and O–H groups in total. The molecule has 0 bridgehead atoms. The normalized spacial score (nSPS) is 24.8. The topological polar surface area (TPSA) is 62.3 Å². The summed E-state index contributed by atoms with van der Waals surface area (Å²) in [6.07, 6.45) is 8.45. The fourth-order valence-electron chi connectivity index (χ4n) is 5.64. The Morgan fingerprint density at radius 2 is 1.76 bits per heavy atom. The molecule has 33 heavy (non-hydrogen) atoms. The minimum Gasteiger partial charge on any atom is -0.352 e. The van der Waals surface area contributed by atoms with Crippen LogP contribution in [-0.4, -0.2) is 40.8 Å². The van der Waals surface area contributed by atoms with Gasteiger partial charge >= 0.3 is 0 Å². The summed E-state index contributed by atoms with van der Waals surface area (Å²) >= 11 is 6.08. The van der Waals surface area contributed by atoms with E-state index in [9.17, 15) is 9.59 Å².